The summed E-state index contributed by atoms with van der Waals surface area (Å²) in [5.41, 5.74) is 1.16. The lowest BCUT2D eigenvalue weighted by Gasteiger charge is -2.35. The molecule has 1 heterocycles. The molecule has 5 nitrogen and oxygen atoms in total. The van der Waals surface area contributed by atoms with Gasteiger partial charge in [0.15, 0.2) is 5.96 Å². The molecule has 0 bridgehead atoms. The number of rotatable bonds is 7. The zero-order chi connectivity index (χ0) is 18.1. The van der Waals surface area contributed by atoms with E-state index in [0.29, 0.717) is 12.2 Å². The van der Waals surface area contributed by atoms with E-state index >= 15 is 0 Å². The van der Waals surface area contributed by atoms with Gasteiger partial charge >= 0.3 is 0 Å². The van der Waals surface area contributed by atoms with Crippen molar-refractivity contribution in [2.75, 3.05) is 39.8 Å². The van der Waals surface area contributed by atoms with Crippen LogP contribution < -0.4 is 10.6 Å². The number of guanidine groups is 1. The van der Waals surface area contributed by atoms with Crippen molar-refractivity contribution in [2.24, 2.45) is 4.99 Å². The van der Waals surface area contributed by atoms with Gasteiger partial charge in [-0.15, -0.1) is 24.0 Å². The molecule has 2 rings (SSSR count). The number of hydrogen-bond acceptors (Lipinski definition) is 3. The van der Waals surface area contributed by atoms with Gasteiger partial charge in [-0.1, -0.05) is 29.8 Å². The van der Waals surface area contributed by atoms with Crippen LogP contribution in [0.15, 0.2) is 29.3 Å². The first kappa shape index (κ1) is 23.5. The first-order valence-corrected chi connectivity index (χ1v) is 9.52. The summed E-state index contributed by atoms with van der Waals surface area (Å²) in [6.07, 6.45) is 2.63. The highest BCUT2D eigenvalue weighted by Crippen LogP contribution is 2.14. The maximum atomic E-state index is 6.18. The molecule has 1 aromatic carbocycles. The normalized spacial score (nSPS) is 21.2. The van der Waals surface area contributed by atoms with E-state index in [4.69, 9.17) is 16.3 Å². The molecule has 0 radical (unpaired) electrons. The number of benzene rings is 1. The molecule has 0 aliphatic carbocycles. The second kappa shape index (κ2) is 12.8. The number of hydrogen-bond donors (Lipinski definition) is 2. The summed E-state index contributed by atoms with van der Waals surface area (Å²) in [5.74, 6) is 0.843. The molecular weight excluding hydrogens is 463 g/mol. The van der Waals surface area contributed by atoms with Crippen molar-refractivity contribution in [3.63, 3.8) is 0 Å². The summed E-state index contributed by atoms with van der Waals surface area (Å²) in [7, 11) is 1.80. The molecule has 1 aliphatic rings. The molecule has 1 aromatic rings. The molecule has 0 spiro atoms. The largest absolute Gasteiger partial charge is 0.373 e. The van der Waals surface area contributed by atoms with Gasteiger partial charge in [-0.25, -0.2) is 0 Å². The van der Waals surface area contributed by atoms with Crippen molar-refractivity contribution in [2.45, 2.75) is 38.9 Å². The van der Waals surface area contributed by atoms with Crippen LogP contribution in [0.25, 0.3) is 0 Å². The van der Waals surface area contributed by atoms with E-state index in [0.717, 1.165) is 62.1 Å². The monoisotopic (exact) mass is 494 g/mol. The minimum atomic E-state index is 0. The number of aliphatic imine (C=N–C) groups is 1. The average molecular weight is 495 g/mol. The van der Waals surface area contributed by atoms with Crippen molar-refractivity contribution in [3.05, 3.63) is 34.9 Å². The third-order valence-corrected chi connectivity index (χ3v) is 4.68. The molecule has 0 saturated carbocycles. The van der Waals surface area contributed by atoms with Gasteiger partial charge in [-0.2, -0.15) is 0 Å². The Balaban J connectivity index is 0.00000338. The van der Waals surface area contributed by atoms with E-state index < -0.39 is 0 Å². The number of morpholine rings is 1. The van der Waals surface area contributed by atoms with Crippen LogP contribution in [0.3, 0.4) is 0 Å². The maximum absolute atomic E-state index is 6.18. The Morgan fingerprint density at radius 1 is 1.19 bits per heavy atom. The second-order valence-electron chi connectivity index (χ2n) is 6.64. The average Bonchev–Trinajstić information content (AvgIpc) is 2.57. The van der Waals surface area contributed by atoms with E-state index in [1.807, 2.05) is 18.2 Å². The van der Waals surface area contributed by atoms with Crippen LogP contribution in [-0.4, -0.2) is 62.8 Å². The SMILES string of the molecule is CN=C(NCCCN1CC(C)OC(C)C1)NCCc1ccccc1Cl.I. The standard InChI is InChI=1S/C19H31ClN4O.HI/c1-15-13-24(14-16(2)25-15)12-6-10-22-19(21-3)23-11-9-17-7-4-5-8-18(17)20;/h4-5,7-8,15-16H,6,9-14H2,1-3H3,(H2,21,22,23);1H. The van der Waals surface area contributed by atoms with Crippen LogP contribution in [0.2, 0.25) is 5.02 Å². The first-order chi connectivity index (χ1) is 12.1. The van der Waals surface area contributed by atoms with Crippen molar-refractivity contribution in [1.82, 2.24) is 15.5 Å². The zero-order valence-corrected chi connectivity index (χ0v) is 19.1. The molecule has 2 atom stereocenters. The van der Waals surface area contributed by atoms with Gasteiger partial charge in [0.25, 0.3) is 0 Å². The summed E-state index contributed by atoms with van der Waals surface area (Å²) < 4.78 is 5.77. The van der Waals surface area contributed by atoms with Crippen molar-refractivity contribution < 1.29 is 4.74 Å². The number of ether oxygens (including phenoxy) is 1. The van der Waals surface area contributed by atoms with Crippen LogP contribution in [0.1, 0.15) is 25.8 Å². The maximum Gasteiger partial charge on any atom is 0.190 e. The fourth-order valence-electron chi connectivity index (χ4n) is 3.21. The molecular formula is C19H32ClIN4O. The van der Waals surface area contributed by atoms with E-state index in [1.54, 1.807) is 7.05 Å². The minimum Gasteiger partial charge on any atom is -0.373 e. The smallest absolute Gasteiger partial charge is 0.190 e. The molecule has 148 valence electrons. The number of halogens is 2. The quantitative estimate of drug-likeness (QED) is 0.265. The highest BCUT2D eigenvalue weighted by molar-refractivity contribution is 14.0. The summed E-state index contributed by atoms with van der Waals surface area (Å²) in [4.78, 5) is 6.76. The Bertz CT molecular complexity index is 548. The molecule has 2 unspecified atom stereocenters. The summed E-state index contributed by atoms with van der Waals surface area (Å²) in [5, 5.41) is 7.55. The van der Waals surface area contributed by atoms with Crippen LogP contribution in [-0.2, 0) is 11.2 Å². The Labute approximate surface area is 179 Å². The van der Waals surface area contributed by atoms with E-state index in [1.165, 1.54) is 0 Å². The van der Waals surface area contributed by atoms with Gasteiger partial charge in [0, 0.05) is 44.8 Å². The molecule has 2 N–H and O–H groups in total. The predicted molar refractivity (Wildman–Crippen MR) is 121 cm³/mol. The summed E-state index contributed by atoms with van der Waals surface area (Å²) in [6, 6.07) is 7.96. The second-order valence-corrected chi connectivity index (χ2v) is 7.04. The van der Waals surface area contributed by atoms with Crippen LogP contribution in [0.4, 0.5) is 0 Å². The molecule has 0 aromatic heterocycles. The fraction of sp³-hybridized carbons (Fsp3) is 0.632. The highest BCUT2D eigenvalue weighted by atomic mass is 127. The minimum absolute atomic E-state index is 0. The third-order valence-electron chi connectivity index (χ3n) is 4.31. The molecule has 0 amide bonds. The number of nitrogens with zero attached hydrogens (tertiary/aromatic N) is 2. The van der Waals surface area contributed by atoms with Gasteiger partial charge in [0.2, 0.25) is 0 Å². The Morgan fingerprint density at radius 3 is 2.50 bits per heavy atom. The lowest BCUT2D eigenvalue weighted by molar-refractivity contribution is -0.0679. The molecule has 26 heavy (non-hydrogen) atoms. The van der Waals surface area contributed by atoms with Crippen LogP contribution in [0, 0.1) is 0 Å². The van der Waals surface area contributed by atoms with Gasteiger partial charge in [-0.3, -0.25) is 9.89 Å². The first-order valence-electron chi connectivity index (χ1n) is 9.14. The van der Waals surface area contributed by atoms with Crippen molar-refractivity contribution in [1.29, 1.82) is 0 Å². The Hall–Kier alpha value is -0.570. The Morgan fingerprint density at radius 2 is 1.85 bits per heavy atom. The zero-order valence-electron chi connectivity index (χ0n) is 16.0. The lowest BCUT2D eigenvalue weighted by Crippen LogP contribution is -2.46. The van der Waals surface area contributed by atoms with E-state index in [-0.39, 0.29) is 24.0 Å². The van der Waals surface area contributed by atoms with Crippen LogP contribution in [0.5, 0.6) is 0 Å². The molecule has 1 saturated heterocycles. The predicted octanol–water partition coefficient (Wildman–Crippen LogP) is 3.16. The topological polar surface area (TPSA) is 48.9 Å². The third kappa shape index (κ3) is 8.41. The van der Waals surface area contributed by atoms with Gasteiger partial charge < -0.3 is 15.4 Å². The highest BCUT2D eigenvalue weighted by Gasteiger charge is 2.21. The lowest BCUT2D eigenvalue weighted by atomic mass is 10.1. The Kier molecular flexibility index (Phi) is 11.5. The summed E-state index contributed by atoms with van der Waals surface area (Å²) in [6.45, 7) is 9.14. The fourth-order valence-corrected chi connectivity index (χ4v) is 3.44. The van der Waals surface area contributed by atoms with E-state index in [9.17, 15) is 0 Å². The molecule has 1 aliphatic heterocycles. The van der Waals surface area contributed by atoms with Crippen molar-refractivity contribution in [3.8, 4) is 0 Å². The molecule has 7 heteroatoms. The van der Waals surface area contributed by atoms with Gasteiger partial charge in [-0.05, 0) is 38.3 Å². The van der Waals surface area contributed by atoms with E-state index in [2.05, 4.69) is 40.4 Å². The van der Waals surface area contributed by atoms with Crippen LogP contribution >= 0.6 is 35.6 Å². The number of nitrogens with one attached hydrogen (secondary N) is 2. The van der Waals surface area contributed by atoms with Crippen molar-refractivity contribution >= 4 is 41.5 Å². The molecule has 1 fully saturated rings. The van der Waals surface area contributed by atoms with Gasteiger partial charge in [0.05, 0.1) is 12.2 Å². The summed E-state index contributed by atoms with van der Waals surface area (Å²) >= 11 is 6.18. The van der Waals surface area contributed by atoms with Gasteiger partial charge in [0.1, 0.15) is 0 Å².